The van der Waals surface area contributed by atoms with Crippen molar-refractivity contribution in [3.05, 3.63) is 47.6 Å². The number of benzene rings is 1. The molecule has 1 aliphatic rings. The van der Waals surface area contributed by atoms with Gasteiger partial charge in [0.1, 0.15) is 0 Å². The number of hydrogen-bond acceptors (Lipinski definition) is 5. The summed E-state index contributed by atoms with van der Waals surface area (Å²) in [6.45, 7) is 1.00. The van der Waals surface area contributed by atoms with Crippen LogP contribution in [0.25, 0.3) is 0 Å². The van der Waals surface area contributed by atoms with Gasteiger partial charge in [0.15, 0.2) is 5.82 Å². The van der Waals surface area contributed by atoms with Crippen LogP contribution in [0.2, 0.25) is 0 Å². The molecular formula is C17H24ClN5O2. The summed E-state index contributed by atoms with van der Waals surface area (Å²) in [5, 5.41) is 6.82. The van der Waals surface area contributed by atoms with E-state index in [2.05, 4.69) is 15.5 Å². The highest BCUT2D eigenvalue weighted by Crippen LogP contribution is 2.36. The van der Waals surface area contributed by atoms with Crippen LogP contribution in [0.3, 0.4) is 0 Å². The predicted octanol–water partition coefficient (Wildman–Crippen LogP) is 2.21. The molecule has 25 heavy (non-hydrogen) atoms. The SMILES string of the molecule is CN(Cc1ccccc1)C(=O)NCCc1nc(C2(N)CCC2)no1.Cl. The van der Waals surface area contributed by atoms with Gasteiger partial charge in [0, 0.05) is 26.6 Å². The van der Waals surface area contributed by atoms with Crippen LogP contribution in [0.5, 0.6) is 0 Å². The lowest BCUT2D eigenvalue weighted by atomic mass is 9.77. The number of nitrogens with zero attached hydrogens (tertiary/aromatic N) is 3. The van der Waals surface area contributed by atoms with Gasteiger partial charge < -0.3 is 20.5 Å². The molecule has 2 amide bonds. The molecule has 1 saturated carbocycles. The van der Waals surface area contributed by atoms with Gasteiger partial charge in [-0.1, -0.05) is 35.5 Å². The summed E-state index contributed by atoms with van der Waals surface area (Å²) < 4.78 is 5.22. The Morgan fingerprint density at radius 1 is 1.36 bits per heavy atom. The van der Waals surface area contributed by atoms with Crippen molar-refractivity contribution in [3.8, 4) is 0 Å². The Balaban J connectivity index is 0.00000225. The van der Waals surface area contributed by atoms with Crippen LogP contribution in [0.1, 0.15) is 36.5 Å². The van der Waals surface area contributed by atoms with E-state index in [0.29, 0.717) is 31.2 Å². The molecule has 3 N–H and O–H groups in total. The smallest absolute Gasteiger partial charge is 0.317 e. The van der Waals surface area contributed by atoms with Gasteiger partial charge in [0.25, 0.3) is 0 Å². The highest BCUT2D eigenvalue weighted by atomic mass is 35.5. The number of nitrogens with two attached hydrogens (primary N) is 1. The van der Waals surface area contributed by atoms with Gasteiger partial charge in [0.2, 0.25) is 5.89 Å². The van der Waals surface area contributed by atoms with Crippen LogP contribution in [0.15, 0.2) is 34.9 Å². The van der Waals surface area contributed by atoms with Gasteiger partial charge in [0.05, 0.1) is 5.54 Å². The second-order valence-electron chi connectivity index (χ2n) is 6.35. The van der Waals surface area contributed by atoms with Gasteiger partial charge in [-0.2, -0.15) is 4.98 Å². The van der Waals surface area contributed by atoms with Crippen molar-refractivity contribution in [2.45, 2.75) is 37.8 Å². The highest BCUT2D eigenvalue weighted by Gasteiger charge is 2.38. The molecule has 0 radical (unpaired) electrons. The summed E-state index contributed by atoms with van der Waals surface area (Å²) in [6.07, 6.45) is 3.39. The first kappa shape index (κ1) is 19.2. The summed E-state index contributed by atoms with van der Waals surface area (Å²) in [4.78, 5) is 18.1. The fraction of sp³-hybridized carbons (Fsp3) is 0.471. The van der Waals surface area contributed by atoms with Crippen LogP contribution in [-0.2, 0) is 18.5 Å². The van der Waals surface area contributed by atoms with E-state index < -0.39 is 5.54 Å². The van der Waals surface area contributed by atoms with E-state index in [-0.39, 0.29) is 18.4 Å². The maximum absolute atomic E-state index is 12.1. The summed E-state index contributed by atoms with van der Waals surface area (Å²) >= 11 is 0. The Kier molecular flexibility index (Phi) is 6.39. The van der Waals surface area contributed by atoms with Crippen molar-refractivity contribution < 1.29 is 9.32 Å². The minimum Gasteiger partial charge on any atom is -0.339 e. The molecule has 0 aliphatic heterocycles. The van der Waals surface area contributed by atoms with Gasteiger partial charge >= 0.3 is 6.03 Å². The van der Waals surface area contributed by atoms with Crippen molar-refractivity contribution in [2.75, 3.05) is 13.6 Å². The molecule has 136 valence electrons. The lowest BCUT2D eigenvalue weighted by Crippen LogP contribution is -2.44. The van der Waals surface area contributed by atoms with E-state index in [1.165, 1.54) is 0 Å². The molecule has 0 saturated heterocycles. The van der Waals surface area contributed by atoms with Crippen LogP contribution < -0.4 is 11.1 Å². The maximum Gasteiger partial charge on any atom is 0.317 e. The standard InChI is InChI=1S/C17H23N5O2.ClH/c1-22(12-13-6-3-2-4-7-13)16(23)19-11-8-14-20-15(21-24-14)17(18)9-5-10-17;/h2-4,6-7H,5,8-12,18H2,1H3,(H,19,23);1H. The van der Waals surface area contributed by atoms with Crippen molar-refractivity contribution in [2.24, 2.45) is 5.73 Å². The molecule has 0 bridgehead atoms. The van der Waals surface area contributed by atoms with Gasteiger partial charge in [-0.05, 0) is 24.8 Å². The third-order valence-electron chi connectivity index (χ3n) is 4.38. The van der Waals surface area contributed by atoms with Crippen molar-refractivity contribution in [3.63, 3.8) is 0 Å². The summed E-state index contributed by atoms with van der Waals surface area (Å²) in [5.41, 5.74) is 6.84. The van der Waals surface area contributed by atoms with E-state index in [1.807, 2.05) is 30.3 Å². The summed E-state index contributed by atoms with van der Waals surface area (Å²) in [7, 11) is 1.77. The first-order valence-corrected chi connectivity index (χ1v) is 8.22. The number of amides is 2. The lowest BCUT2D eigenvalue weighted by molar-refractivity contribution is 0.206. The molecule has 1 aliphatic carbocycles. The number of rotatable bonds is 6. The Hall–Kier alpha value is -2.12. The van der Waals surface area contributed by atoms with Crippen LogP contribution >= 0.6 is 12.4 Å². The second-order valence-corrected chi connectivity index (χ2v) is 6.35. The molecule has 1 aromatic carbocycles. The molecule has 3 rings (SSSR count). The number of hydrogen-bond donors (Lipinski definition) is 2. The molecule has 7 nitrogen and oxygen atoms in total. The Morgan fingerprint density at radius 2 is 2.08 bits per heavy atom. The molecule has 8 heteroatoms. The molecule has 0 spiro atoms. The van der Waals surface area contributed by atoms with Crippen LogP contribution in [0.4, 0.5) is 4.79 Å². The van der Waals surface area contributed by atoms with Gasteiger partial charge in [-0.15, -0.1) is 12.4 Å². The lowest BCUT2D eigenvalue weighted by Gasteiger charge is -2.34. The Morgan fingerprint density at radius 3 is 2.72 bits per heavy atom. The van der Waals surface area contributed by atoms with Crippen LogP contribution in [0, 0.1) is 0 Å². The van der Waals surface area contributed by atoms with Crippen molar-refractivity contribution in [1.82, 2.24) is 20.4 Å². The third-order valence-corrected chi connectivity index (χ3v) is 4.38. The molecule has 2 aromatic rings. The normalized spacial score (nSPS) is 15.0. The van der Waals surface area contributed by atoms with Gasteiger partial charge in [-0.25, -0.2) is 4.79 Å². The number of nitrogens with one attached hydrogen (secondary N) is 1. The van der Waals surface area contributed by atoms with E-state index in [9.17, 15) is 4.79 Å². The zero-order valence-corrected chi connectivity index (χ0v) is 15.1. The Labute approximate surface area is 153 Å². The minimum absolute atomic E-state index is 0. The van der Waals surface area contributed by atoms with Crippen molar-refractivity contribution in [1.29, 1.82) is 0 Å². The zero-order chi connectivity index (χ0) is 17.0. The van der Waals surface area contributed by atoms with Gasteiger partial charge in [-0.3, -0.25) is 0 Å². The second kappa shape index (κ2) is 8.31. The monoisotopic (exact) mass is 365 g/mol. The molecular weight excluding hydrogens is 342 g/mol. The zero-order valence-electron chi connectivity index (χ0n) is 14.3. The fourth-order valence-corrected chi connectivity index (χ4v) is 2.68. The minimum atomic E-state index is -0.416. The third kappa shape index (κ3) is 4.70. The van der Waals surface area contributed by atoms with E-state index in [4.69, 9.17) is 10.3 Å². The van der Waals surface area contributed by atoms with E-state index in [0.717, 1.165) is 24.8 Å². The first-order chi connectivity index (χ1) is 11.6. The van der Waals surface area contributed by atoms with Crippen molar-refractivity contribution >= 4 is 18.4 Å². The molecule has 0 unspecified atom stereocenters. The average molecular weight is 366 g/mol. The quantitative estimate of drug-likeness (QED) is 0.817. The summed E-state index contributed by atoms with van der Waals surface area (Å²) in [6, 6.07) is 9.73. The van der Waals surface area contributed by atoms with E-state index in [1.54, 1.807) is 11.9 Å². The average Bonchev–Trinajstić information content (AvgIpc) is 3.02. The number of halogens is 1. The molecule has 1 aromatic heterocycles. The van der Waals surface area contributed by atoms with Crippen LogP contribution in [-0.4, -0.2) is 34.7 Å². The molecule has 1 fully saturated rings. The Bertz CT molecular complexity index is 687. The predicted molar refractivity (Wildman–Crippen MR) is 96.3 cm³/mol. The topological polar surface area (TPSA) is 97.3 Å². The van der Waals surface area contributed by atoms with E-state index >= 15 is 0 Å². The number of urea groups is 1. The molecule has 0 atom stereocenters. The number of carbonyl (C=O) groups is 1. The first-order valence-electron chi connectivity index (χ1n) is 8.22. The number of carbonyl (C=O) groups excluding carboxylic acids is 1. The highest BCUT2D eigenvalue weighted by molar-refractivity contribution is 5.85. The summed E-state index contributed by atoms with van der Waals surface area (Å²) in [5.74, 6) is 1.09. The largest absolute Gasteiger partial charge is 0.339 e. The number of aromatic nitrogens is 2. The molecule has 1 heterocycles. The fourth-order valence-electron chi connectivity index (χ4n) is 2.68. The maximum atomic E-state index is 12.1.